The summed E-state index contributed by atoms with van der Waals surface area (Å²) in [7, 11) is 1.57. The number of carbonyl (C=O) groups excluding carboxylic acids is 1. The fourth-order valence-electron chi connectivity index (χ4n) is 2.64. The highest BCUT2D eigenvalue weighted by Crippen LogP contribution is 2.37. The van der Waals surface area contributed by atoms with E-state index in [1.54, 1.807) is 37.5 Å². The summed E-state index contributed by atoms with van der Waals surface area (Å²) in [6.07, 6.45) is 3.09. The minimum absolute atomic E-state index is 0.321. The van der Waals surface area contributed by atoms with Crippen LogP contribution < -0.4 is 14.8 Å². The number of nitrogens with one attached hydrogen (secondary N) is 1. The third-order valence-electron chi connectivity index (χ3n) is 4.09. The molecule has 0 atom stereocenters. The molecule has 0 aromatic heterocycles. The molecule has 3 rings (SSSR count). The Morgan fingerprint density at radius 1 is 1.10 bits per heavy atom. The highest BCUT2D eigenvalue weighted by atomic mass is 79.9. The molecule has 0 heterocycles. The molecule has 0 aliphatic heterocycles. The maximum absolute atomic E-state index is 12.2. The predicted octanol–water partition coefficient (Wildman–Crippen LogP) is 7.00. The van der Waals surface area contributed by atoms with Crippen molar-refractivity contribution >= 4 is 56.8 Å². The molecule has 4 nitrogen and oxygen atoms in total. The molecule has 3 aromatic carbocycles. The number of hydrogen-bond donors (Lipinski definition) is 1. The minimum Gasteiger partial charge on any atom is -0.493 e. The molecule has 1 N–H and O–H groups in total. The lowest BCUT2D eigenvalue weighted by Gasteiger charge is -2.13. The van der Waals surface area contributed by atoms with Crippen LogP contribution in [0.25, 0.3) is 6.08 Å². The van der Waals surface area contributed by atoms with Crippen LogP contribution in [0.1, 0.15) is 11.1 Å². The van der Waals surface area contributed by atoms with Crippen LogP contribution in [0.4, 0.5) is 5.69 Å². The number of halogens is 3. The zero-order chi connectivity index (χ0) is 21.5. The molecule has 1 amide bonds. The zero-order valence-corrected chi connectivity index (χ0v) is 19.1. The van der Waals surface area contributed by atoms with Crippen LogP contribution in [0, 0.1) is 0 Å². The predicted molar refractivity (Wildman–Crippen MR) is 126 cm³/mol. The highest BCUT2D eigenvalue weighted by Gasteiger charge is 2.12. The van der Waals surface area contributed by atoms with E-state index < -0.39 is 0 Å². The number of anilines is 1. The molecule has 154 valence electrons. The monoisotopic (exact) mass is 505 g/mol. The van der Waals surface area contributed by atoms with Crippen LogP contribution in [0.5, 0.6) is 11.5 Å². The first-order valence-corrected chi connectivity index (χ1v) is 10.5. The summed E-state index contributed by atoms with van der Waals surface area (Å²) in [5.74, 6) is 0.829. The van der Waals surface area contributed by atoms with Gasteiger partial charge in [-0.3, -0.25) is 4.79 Å². The van der Waals surface area contributed by atoms with E-state index in [0.29, 0.717) is 33.8 Å². The molecule has 0 spiro atoms. The molecular formula is C23H18BrCl2NO3. The third-order valence-corrected chi connectivity index (χ3v) is 5.23. The molecule has 3 aromatic rings. The van der Waals surface area contributed by atoms with E-state index in [-0.39, 0.29) is 5.91 Å². The Balaban J connectivity index is 1.71. The molecule has 30 heavy (non-hydrogen) atoms. The van der Waals surface area contributed by atoms with Crippen LogP contribution in [-0.4, -0.2) is 13.0 Å². The van der Waals surface area contributed by atoms with Crippen molar-refractivity contribution in [1.29, 1.82) is 0 Å². The lowest BCUT2D eigenvalue weighted by molar-refractivity contribution is -0.111. The number of methoxy groups -OCH3 is 1. The van der Waals surface area contributed by atoms with Gasteiger partial charge >= 0.3 is 0 Å². The van der Waals surface area contributed by atoms with E-state index in [4.69, 9.17) is 32.7 Å². The van der Waals surface area contributed by atoms with Gasteiger partial charge in [0.2, 0.25) is 5.91 Å². The number of ether oxygens (including phenoxy) is 2. The molecule has 0 unspecified atom stereocenters. The SMILES string of the molecule is COc1cc(C=CC(=O)Nc2ccc(Cl)cc2Cl)cc(Br)c1OCc1ccccc1. The van der Waals surface area contributed by atoms with E-state index in [9.17, 15) is 4.79 Å². The first-order valence-electron chi connectivity index (χ1n) is 8.94. The van der Waals surface area contributed by atoms with Gasteiger partial charge in [-0.25, -0.2) is 0 Å². The van der Waals surface area contributed by atoms with Gasteiger partial charge in [0.15, 0.2) is 11.5 Å². The smallest absolute Gasteiger partial charge is 0.248 e. The number of hydrogen-bond acceptors (Lipinski definition) is 3. The van der Waals surface area contributed by atoms with Gasteiger partial charge in [0.1, 0.15) is 6.61 Å². The van der Waals surface area contributed by atoms with Crippen molar-refractivity contribution in [3.8, 4) is 11.5 Å². The Bertz CT molecular complexity index is 1070. The lowest BCUT2D eigenvalue weighted by Crippen LogP contribution is -2.08. The Labute approximate surface area is 193 Å². The summed E-state index contributed by atoms with van der Waals surface area (Å²) in [6, 6.07) is 18.4. The van der Waals surface area contributed by atoms with Crippen LogP contribution in [-0.2, 0) is 11.4 Å². The van der Waals surface area contributed by atoms with Gasteiger partial charge in [0.05, 0.1) is 22.3 Å². The van der Waals surface area contributed by atoms with Crippen molar-refractivity contribution in [2.75, 3.05) is 12.4 Å². The van der Waals surface area contributed by atoms with Gasteiger partial charge in [-0.05, 0) is 63.5 Å². The molecule has 0 radical (unpaired) electrons. The number of carbonyl (C=O) groups is 1. The summed E-state index contributed by atoms with van der Waals surface area (Å²) < 4.78 is 12.1. The Morgan fingerprint density at radius 3 is 2.57 bits per heavy atom. The highest BCUT2D eigenvalue weighted by molar-refractivity contribution is 9.10. The van der Waals surface area contributed by atoms with Crippen LogP contribution in [0.15, 0.2) is 71.2 Å². The molecule has 0 bridgehead atoms. The summed E-state index contributed by atoms with van der Waals surface area (Å²) in [4.78, 5) is 12.2. The summed E-state index contributed by atoms with van der Waals surface area (Å²) in [6.45, 7) is 0.412. The summed E-state index contributed by atoms with van der Waals surface area (Å²) in [5.41, 5.74) is 2.30. The largest absolute Gasteiger partial charge is 0.493 e. The number of benzene rings is 3. The summed E-state index contributed by atoms with van der Waals surface area (Å²) in [5, 5.41) is 3.59. The van der Waals surface area contributed by atoms with Crippen LogP contribution in [0.3, 0.4) is 0 Å². The average molecular weight is 507 g/mol. The maximum atomic E-state index is 12.2. The van der Waals surface area contributed by atoms with Crippen molar-refractivity contribution in [2.24, 2.45) is 0 Å². The quantitative estimate of drug-likeness (QED) is 0.351. The van der Waals surface area contributed by atoms with E-state index in [1.165, 1.54) is 6.08 Å². The molecular weight excluding hydrogens is 489 g/mol. The lowest BCUT2D eigenvalue weighted by atomic mass is 10.2. The molecule has 0 fully saturated rings. The van der Waals surface area contributed by atoms with Gasteiger partial charge in [-0.2, -0.15) is 0 Å². The Kier molecular flexibility index (Phi) is 7.80. The zero-order valence-electron chi connectivity index (χ0n) is 16.0. The molecule has 7 heteroatoms. The third kappa shape index (κ3) is 6.02. The van der Waals surface area contributed by atoms with Crippen LogP contribution >= 0.6 is 39.1 Å². The van der Waals surface area contributed by atoms with E-state index in [0.717, 1.165) is 15.6 Å². The van der Waals surface area contributed by atoms with Crippen LogP contribution in [0.2, 0.25) is 10.0 Å². The first kappa shape index (κ1) is 22.2. The van der Waals surface area contributed by atoms with Crippen molar-refractivity contribution in [3.05, 3.63) is 92.4 Å². The topological polar surface area (TPSA) is 47.6 Å². The number of amides is 1. The Morgan fingerprint density at radius 2 is 1.87 bits per heavy atom. The van der Waals surface area contributed by atoms with E-state index in [2.05, 4.69) is 21.2 Å². The van der Waals surface area contributed by atoms with Gasteiger partial charge < -0.3 is 14.8 Å². The number of rotatable bonds is 7. The van der Waals surface area contributed by atoms with E-state index >= 15 is 0 Å². The minimum atomic E-state index is -0.321. The second-order valence-electron chi connectivity index (χ2n) is 6.26. The van der Waals surface area contributed by atoms with E-state index in [1.807, 2.05) is 36.4 Å². The van der Waals surface area contributed by atoms with Crippen molar-refractivity contribution < 1.29 is 14.3 Å². The van der Waals surface area contributed by atoms with Crippen molar-refractivity contribution in [1.82, 2.24) is 0 Å². The van der Waals surface area contributed by atoms with Crippen molar-refractivity contribution in [3.63, 3.8) is 0 Å². The second kappa shape index (κ2) is 10.5. The second-order valence-corrected chi connectivity index (χ2v) is 7.95. The first-order chi connectivity index (χ1) is 14.5. The standard InChI is InChI=1S/C23H18BrCl2NO3/c1-29-21-12-16(7-10-22(28)27-20-9-8-17(25)13-19(20)26)11-18(24)23(21)30-14-15-5-3-2-4-6-15/h2-13H,14H2,1H3,(H,27,28). The maximum Gasteiger partial charge on any atom is 0.248 e. The molecule has 0 saturated heterocycles. The normalized spacial score (nSPS) is 10.8. The van der Waals surface area contributed by atoms with Gasteiger partial charge in [0, 0.05) is 11.1 Å². The van der Waals surface area contributed by atoms with Gasteiger partial charge in [0.25, 0.3) is 0 Å². The molecule has 0 aliphatic rings. The molecule has 0 aliphatic carbocycles. The van der Waals surface area contributed by atoms with Crippen molar-refractivity contribution in [2.45, 2.75) is 6.61 Å². The van der Waals surface area contributed by atoms with Gasteiger partial charge in [-0.15, -0.1) is 0 Å². The Hall–Kier alpha value is -2.47. The fraction of sp³-hybridized carbons (Fsp3) is 0.0870. The van der Waals surface area contributed by atoms with Gasteiger partial charge in [-0.1, -0.05) is 53.5 Å². The molecule has 0 saturated carbocycles. The average Bonchev–Trinajstić information content (AvgIpc) is 2.74. The fourth-order valence-corrected chi connectivity index (χ4v) is 3.67. The summed E-state index contributed by atoms with van der Waals surface area (Å²) >= 11 is 15.5.